The highest BCUT2D eigenvalue weighted by molar-refractivity contribution is 14.1. The molecule has 242 valence electrons. The summed E-state index contributed by atoms with van der Waals surface area (Å²) in [6, 6.07) is 35.8. The third kappa shape index (κ3) is 7.24. The zero-order valence-corrected chi connectivity index (χ0v) is 28.5. The number of carbonyl (C=O) groups is 3. The second kappa shape index (κ2) is 15.2. The number of rotatable bonds is 10. The van der Waals surface area contributed by atoms with E-state index in [0.717, 1.165) is 5.56 Å². The first-order valence-corrected chi connectivity index (χ1v) is 17.3. The minimum atomic E-state index is -0.857. The monoisotopic (exact) mass is 763 g/mol. The minimum Gasteiger partial charge on any atom is -0.386 e. The molecule has 47 heavy (non-hydrogen) atoms. The van der Waals surface area contributed by atoms with Crippen LogP contribution in [0, 0.1) is 0 Å². The smallest absolute Gasteiger partial charge is 0.334 e. The average Bonchev–Trinajstić information content (AvgIpc) is 3.12. The molecule has 0 spiro atoms. The highest BCUT2D eigenvalue weighted by Crippen LogP contribution is 2.36. The van der Waals surface area contributed by atoms with E-state index >= 15 is 0 Å². The Balaban J connectivity index is 1.31. The van der Waals surface area contributed by atoms with E-state index in [1.165, 1.54) is 11.1 Å². The summed E-state index contributed by atoms with van der Waals surface area (Å²) < 4.78 is 5.15. The van der Waals surface area contributed by atoms with Crippen molar-refractivity contribution in [2.45, 2.75) is 31.1 Å². The van der Waals surface area contributed by atoms with Gasteiger partial charge in [-0.25, -0.2) is 9.80 Å². The maximum Gasteiger partial charge on any atom is 0.334 e. The maximum atomic E-state index is 14.4. The SMILES string of the molecule is O=C1[C@H](c2ccccc2)N2C(=O)CN(CI)N(C(=O)NCc3ccc(OCl)cc3)[C@H]2CN1CCC(c1ccccc1)c1ccccc1. The molecule has 4 amide bonds. The Bertz CT molecular complexity index is 1630. The number of benzene rings is 4. The normalized spacial score (nSPS) is 18.3. The fourth-order valence-corrected chi connectivity index (χ4v) is 7.12. The Morgan fingerprint density at radius 1 is 0.872 bits per heavy atom. The average molecular weight is 764 g/mol. The van der Waals surface area contributed by atoms with Crippen molar-refractivity contribution in [2.24, 2.45) is 0 Å². The van der Waals surface area contributed by atoms with Crippen LogP contribution in [0.4, 0.5) is 4.79 Å². The van der Waals surface area contributed by atoms with Crippen molar-refractivity contribution in [2.75, 3.05) is 24.2 Å². The van der Waals surface area contributed by atoms with E-state index in [2.05, 4.69) is 52.2 Å². The first-order chi connectivity index (χ1) is 23.0. The summed E-state index contributed by atoms with van der Waals surface area (Å²) in [4.78, 5) is 45.6. The van der Waals surface area contributed by atoms with Gasteiger partial charge in [0, 0.05) is 19.0 Å². The summed E-state index contributed by atoms with van der Waals surface area (Å²) in [5.74, 6) is 0.224. The molecular weight excluding hydrogens is 729 g/mol. The molecule has 0 radical (unpaired) electrons. The molecule has 0 saturated carbocycles. The highest BCUT2D eigenvalue weighted by Gasteiger charge is 2.51. The van der Waals surface area contributed by atoms with Crippen molar-refractivity contribution < 1.29 is 18.7 Å². The lowest BCUT2D eigenvalue weighted by molar-refractivity contribution is -0.188. The fraction of sp³-hybridized carbons (Fsp3) is 0.250. The zero-order valence-electron chi connectivity index (χ0n) is 25.6. The van der Waals surface area contributed by atoms with Crippen LogP contribution in [0.1, 0.15) is 40.6 Å². The van der Waals surface area contributed by atoms with E-state index in [0.29, 0.717) is 28.8 Å². The van der Waals surface area contributed by atoms with E-state index < -0.39 is 12.2 Å². The van der Waals surface area contributed by atoms with Gasteiger partial charge in [-0.2, -0.15) is 5.01 Å². The number of hydrogen-bond acceptors (Lipinski definition) is 5. The van der Waals surface area contributed by atoms with Crippen LogP contribution in [-0.4, -0.2) is 68.0 Å². The van der Waals surface area contributed by atoms with Gasteiger partial charge in [-0.1, -0.05) is 126 Å². The molecule has 9 nitrogen and oxygen atoms in total. The summed E-state index contributed by atoms with van der Waals surface area (Å²) in [6.07, 6.45) is -0.0283. The Morgan fingerprint density at radius 2 is 1.47 bits per heavy atom. The molecule has 2 saturated heterocycles. The number of hydrogen-bond donors (Lipinski definition) is 1. The number of carbonyl (C=O) groups excluding carboxylic acids is 3. The van der Waals surface area contributed by atoms with Gasteiger partial charge in [-0.15, -0.1) is 0 Å². The molecule has 2 aliphatic rings. The summed E-state index contributed by atoms with van der Waals surface area (Å²) >= 11 is 7.62. The number of nitrogens with zero attached hydrogens (tertiary/aromatic N) is 4. The number of nitrogens with one attached hydrogen (secondary N) is 1. The molecule has 2 atom stereocenters. The molecule has 4 aromatic carbocycles. The predicted octanol–water partition coefficient (Wildman–Crippen LogP) is 6.31. The lowest BCUT2D eigenvalue weighted by Crippen LogP contribution is -2.74. The fourth-order valence-electron chi connectivity index (χ4n) is 6.45. The summed E-state index contributed by atoms with van der Waals surface area (Å²) in [5, 5.41) is 6.38. The number of alkyl halides is 1. The van der Waals surface area contributed by atoms with Crippen LogP contribution in [0.25, 0.3) is 0 Å². The molecule has 0 aromatic heterocycles. The number of urea groups is 1. The number of piperazine rings is 1. The largest absolute Gasteiger partial charge is 0.386 e. The topological polar surface area (TPSA) is 85.4 Å². The van der Waals surface area contributed by atoms with E-state index in [-0.39, 0.29) is 43.4 Å². The number of halogens is 2. The van der Waals surface area contributed by atoms with Crippen LogP contribution in [0.2, 0.25) is 0 Å². The molecule has 0 aliphatic carbocycles. The summed E-state index contributed by atoms with van der Waals surface area (Å²) in [5.41, 5.74) is 3.91. The van der Waals surface area contributed by atoms with Crippen molar-refractivity contribution in [1.29, 1.82) is 0 Å². The first-order valence-electron chi connectivity index (χ1n) is 15.5. The zero-order chi connectivity index (χ0) is 32.8. The van der Waals surface area contributed by atoms with Gasteiger partial charge in [-0.3, -0.25) is 9.59 Å². The van der Waals surface area contributed by atoms with Crippen LogP contribution in [-0.2, 0) is 16.1 Å². The Morgan fingerprint density at radius 3 is 2.04 bits per heavy atom. The standard InChI is InChI=1S/C36H35ClIN5O4/c37-47-30-18-16-26(17-19-30)22-39-36(46)43-32-23-40(21-20-31(27-10-4-1-5-11-27)28-12-6-2-7-13-28)35(45)34(29-14-8-3-9-15-29)42(32)33(44)24-41(43)25-38/h1-19,31-32,34H,20-25H2,(H,39,46)/t32-,34-/m0/s1. The molecule has 2 heterocycles. The van der Waals surface area contributed by atoms with Gasteiger partial charge in [0.2, 0.25) is 11.8 Å². The van der Waals surface area contributed by atoms with Gasteiger partial charge >= 0.3 is 6.03 Å². The summed E-state index contributed by atoms with van der Waals surface area (Å²) in [7, 11) is 0. The lowest BCUT2D eigenvalue weighted by Gasteiger charge is -2.55. The first kappa shape index (κ1) is 32.8. The van der Waals surface area contributed by atoms with Crippen LogP contribution in [0.15, 0.2) is 115 Å². The second-order valence-corrected chi connectivity index (χ2v) is 12.4. The quantitative estimate of drug-likeness (QED) is 0.116. The van der Waals surface area contributed by atoms with E-state index in [9.17, 15) is 14.4 Å². The molecule has 2 aliphatic heterocycles. The number of amides is 4. The van der Waals surface area contributed by atoms with Crippen molar-refractivity contribution in [3.8, 4) is 5.75 Å². The maximum absolute atomic E-state index is 14.4. The molecular formula is C36H35ClIN5O4. The Labute approximate surface area is 293 Å². The summed E-state index contributed by atoms with van der Waals surface area (Å²) in [6.45, 7) is 0.875. The van der Waals surface area contributed by atoms with Crippen molar-refractivity contribution in [3.05, 3.63) is 138 Å². The Kier molecular flexibility index (Phi) is 10.6. The molecule has 2 fully saturated rings. The van der Waals surface area contributed by atoms with E-state index in [4.69, 9.17) is 16.2 Å². The number of fused-ring (bicyclic) bond motifs is 1. The third-order valence-electron chi connectivity index (χ3n) is 8.73. The van der Waals surface area contributed by atoms with Crippen LogP contribution in [0.5, 0.6) is 5.75 Å². The Hall–Kier alpha value is -4.13. The molecule has 6 rings (SSSR count). The van der Waals surface area contributed by atoms with Crippen LogP contribution < -0.4 is 9.61 Å². The molecule has 0 bridgehead atoms. The van der Waals surface area contributed by atoms with E-state index in [1.807, 2.05) is 83.8 Å². The predicted molar refractivity (Wildman–Crippen MR) is 188 cm³/mol. The van der Waals surface area contributed by atoms with Gasteiger partial charge in [0.05, 0.1) is 17.6 Å². The minimum absolute atomic E-state index is 0.0185. The molecule has 11 heteroatoms. The van der Waals surface area contributed by atoms with Crippen molar-refractivity contribution in [3.63, 3.8) is 0 Å². The van der Waals surface area contributed by atoms with Gasteiger partial charge < -0.3 is 19.4 Å². The second-order valence-electron chi connectivity index (χ2n) is 11.6. The molecule has 1 N–H and O–H groups in total. The highest BCUT2D eigenvalue weighted by atomic mass is 127. The van der Waals surface area contributed by atoms with Crippen LogP contribution in [0.3, 0.4) is 0 Å². The van der Waals surface area contributed by atoms with E-state index in [1.54, 1.807) is 27.1 Å². The molecule has 0 unspecified atom stereocenters. The van der Waals surface area contributed by atoms with Gasteiger partial charge in [0.15, 0.2) is 0 Å². The van der Waals surface area contributed by atoms with Crippen LogP contribution >= 0.6 is 34.5 Å². The van der Waals surface area contributed by atoms with Crippen molar-refractivity contribution >= 4 is 52.3 Å². The van der Waals surface area contributed by atoms with Gasteiger partial charge in [0.1, 0.15) is 29.8 Å². The van der Waals surface area contributed by atoms with Gasteiger partial charge in [0.25, 0.3) is 0 Å². The number of hydrazine groups is 1. The lowest BCUT2D eigenvalue weighted by atomic mass is 9.88. The van der Waals surface area contributed by atoms with Crippen molar-refractivity contribution in [1.82, 2.24) is 25.1 Å². The van der Waals surface area contributed by atoms with Gasteiger partial charge in [-0.05, 0) is 40.8 Å². The third-order valence-corrected chi connectivity index (χ3v) is 9.70. The molecule has 4 aromatic rings.